The maximum absolute atomic E-state index is 12.0. The van der Waals surface area contributed by atoms with Gasteiger partial charge in [-0.15, -0.1) is 0 Å². The van der Waals surface area contributed by atoms with Crippen LogP contribution in [0.1, 0.15) is 39.5 Å². The summed E-state index contributed by atoms with van der Waals surface area (Å²) in [5.41, 5.74) is 0. The van der Waals surface area contributed by atoms with Crippen LogP contribution < -0.4 is 10.6 Å². The first-order valence-electron chi connectivity index (χ1n) is 10.0. The average Bonchev–Trinajstić information content (AvgIpc) is 3.16. The minimum Gasteiger partial charge on any atom is -0.381 e. The van der Waals surface area contributed by atoms with Gasteiger partial charge in [0, 0.05) is 57.8 Å². The number of nitrogens with one attached hydrogen (secondary N) is 2. The van der Waals surface area contributed by atoms with Crippen molar-refractivity contribution in [3.05, 3.63) is 0 Å². The standard InChI is InChI=1S/C19H36N4O3/c1-15(2)18(24)23-9-5-17(6-10-23)22-19(20-3)21-8-4-11-25-13-16-7-12-26-14-16/h15-17H,4-14H2,1-3H3,(H2,20,21,22). The fraction of sp³-hybridized carbons (Fsp3) is 0.895. The highest BCUT2D eigenvalue weighted by Crippen LogP contribution is 2.13. The summed E-state index contributed by atoms with van der Waals surface area (Å²) in [6.07, 6.45) is 4.00. The minimum atomic E-state index is 0.0809. The maximum atomic E-state index is 12.0. The van der Waals surface area contributed by atoms with E-state index in [1.165, 1.54) is 0 Å². The van der Waals surface area contributed by atoms with E-state index in [0.29, 0.717) is 12.0 Å². The smallest absolute Gasteiger partial charge is 0.225 e. The fourth-order valence-electron chi connectivity index (χ4n) is 3.34. The summed E-state index contributed by atoms with van der Waals surface area (Å²) in [5, 5.41) is 6.82. The third-order valence-corrected chi connectivity index (χ3v) is 5.00. The molecule has 0 bridgehead atoms. The van der Waals surface area contributed by atoms with Gasteiger partial charge in [-0.3, -0.25) is 9.79 Å². The zero-order chi connectivity index (χ0) is 18.8. The quantitative estimate of drug-likeness (QED) is 0.383. The fourth-order valence-corrected chi connectivity index (χ4v) is 3.34. The first-order chi connectivity index (χ1) is 12.6. The highest BCUT2D eigenvalue weighted by Gasteiger charge is 2.24. The number of hydrogen-bond donors (Lipinski definition) is 2. The van der Waals surface area contributed by atoms with E-state index in [4.69, 9.17) is 9.47 Å². The minimum absolute atomic E-state index is 0.0809. The predicted molar refractivity (Wildman–Crippen MR) is 103 cm³/mol. The number of piperidine rings is 1. The molecule has 2 heterocycles. The zero-order valence-corrected chi connectivity index (χ0v) is 16.6. The number of rotatable bonds is 8. The maximum Gasteiger partial charge on any atom is 0.225 e. The molecule has 2 rings (SSSR count). The number of hydrogen-bond acceptors (Lipinski definition) is 4. The Kier molecular flexibility index (Phi) is 9.18. The molecule has 0 aromatic carbocycles. The number of guanidine groups is 1. The normalized spacial score (nSPS) is 22.1. The molecule has 2 aliphatic heterocycles. The van der Waals surface area contributed by atoms with Crippen molar-refractivity contribution in [3.8, 4) is 0 Å². The second kappa shape index (κ2) is 11.4. The Labute approximate surface area is 157 Å². The SMILES string of the molecule is CN=C(NCCCOCC1CCOC1)NC1CCN(C(=O)C(C)C)CC1. The molecule has 26 heavy (non-hydrogen) atoms. The van der Waals surface area contributed by atoms with Crippen molar-refractivity contribution in [1.82, 2.24) is 15.5 Å². The Morgan fingerprint density at radius 2 is 2.08 bits per heavy atom. The van der Waals surface area contributed by atoms with Crippen molar-refractivity contribution < 1.29 is 14.3 Å². The average molecular weight is 369 g/mol. The topological polar surface area (TPSA) is 75.2 Å². The van der Waals surface area contributed by atoms with Gasteiger partial charge in [-0.1, -0.05) is 13.8 Å². The number of aliphatic imine (C=N–C) groups is 1. The Hall–Kier alpha value is -1.34. The van der Waals surface area contributed by atoms with Crippen LogP contribution in [0, 0.1) is 11.8 Å². The Morgan fingerprint density at radius 1 is 1.31 bits per heavy atom. The first-order valence-corrected chi connectivity index (χ1v) is 10.0. The lowest BCUT2D eigenvalue weighted by molar-refractivity contribution is -0.135. The van der Waals surface area contributed by atoms with E-state index in [1.54, 1.807) is 7.05 Å². The third-order valence-electron chi connectivity index (χ3n) is 5.00. The molecule has 2 fully saturated rings. The summed E-state index contributed by atoms with van der Waals surface area (Å²) in [7, 11) is 1.79. The van der Waals surface area contributed by atoms with Crippen molar-refractivity contribution in [3.63, 3.8) is 0 Å². The summed E-state index contributed by atoms with van der Waals surface area (Å²) in [5.74, 6) is 1.75. The van der Waals surface area contributed by atoms with Crippen LogP contribution in [0.2, 0.25) is 0 Å². The van der Waals surface area contributed by atoms with Gasteiger partial charge in [0.05, 0.1) is 13.2 Å². The molecule has 0 spiro atoms. The van der Waals surface area contributed by atoms with Crippen LogP contribution in [-0.2, 0) is 14.3 Å². The predicted octanol–water partition coefficient (Wildman–Crippen LogP) is 1.24. The molecule has 1 atom stereocenters. The van der Waals surface area contributed by atoms with Gasteiger partial charge >= 0.3 is 0 Å². The summed E-state index contributed by atoms with van der Waals surface area (Å²) >= 11 is 0. The first kappa shape index (κ1) is 21.0. The molecule has 0 aliphatic carbocycles. The highest BCUT2D eigenvalue weighted by molar-refractivity contribution is 5.80. The lowest BCUT2D eigenvalue weighted by Crippen LogP contribution is -2.50. The van der Waals surface area contributed by atoms with E-state index in [0.717, 1.165) is 77.7 Å². The number of ether oxygens (including phenoxy) is 2. The molecule has 2 saturated heterocycles. The van der Waals surface area contributed by atoms with E-state index < -0.39 is 0 Å². The molecule has 0 aromatic rings. The molecule has 0 radical (unpaired) electrons. The number of carbonyl (C=O) groups excluding carboxylic acids is 1. The van der Waals surface area contributed by atoms with Crippen LogP contribution in [-0.4, -0.2) is 75.9 Å². The molecule has 0 saturated carbocycles. The van der Waals surface area contributed by atoms with Gasteiger partial charge in [-0.2, -0.15) is 0 Å². The molecule has 7 nitrogen and oxygen atoms in total. The van der Waals surface area contributed by atoms with Crippen molar-refractivity contribution in [2.24, 2.45) is 16.8 Å². The summed E-state index contributed by atoms with van der Waals surface area (Å²) in [4.78, 5) is 18.3. The van der Waals surface area contributed by atoms with E-state index in [2.05, 4.69) is 15.6 Å². The van der Waals surface area contributed by atoms with E-state index in [-0.39, 0.29) is 11.8 Å². The largest absolute Gasteiger partial charge is 0.381 e. The Bertz CT molecular complexity index is 442. The molecule has 150 valence electrons. The Morgan fingerprint density at radius 3 is 2.69 bits per heavy atom. The van der Waals surface area contributed by atoms with Gasteiger partial charge in [0.25, 0.3) is 0 Å². The number of carbonyl (C=O) groups is 1. The van der Waals surface area contributed by atoms with Crippen molar-refractivity contribution in [2.75, 3.05) is 53.1 Å². The molecule has 2 N–H and O–H groups in total. The van der Waals surface area contributed by atoms with Crippen LogP contribution in [0.5, 0.6) is 0 Å². The monoisotopic (exact) mass is 368 g/mol. The number of nitrogens with zero attached hydrogens (tertiary/aromatic N) is 2. The second-order valence-corrected chi connectivity index (χ2v) is 7.56. The number of amides is 1. The van der Waals surface area contributed by atoms with Crippen LogP contribution in [0.3, 0.4) is 0 Å². The van der Waals surface area contributed by atoms with E-state index in [1.807, 2.05) is 18.7 Å². The molecule has 7 heteroatoms. The zero-order valence-electron chi connectivity index (χ0n) is 16.6. The van der Waals surface area contributed by atoms with Crippen molar-refractivity contribution in [2.45, 2.75) is 45.6 Å². The Balaban J connectivity index is 1.54. The lowest BCUT2D eigenvalue weighted by Gasteiger charge is -2.34. The number of likely N-dealkylation sites (tertiary alicyclic amines) is 1. The molecular formula is C19H36N4O3. The molecule has 2 aliphatic rings. The van der Waals surface area contributed by atoms with Gasteiger partial charge in [0.2, 0.25) is 5.91 Å². The van der Waals surface area contributed by atoms with Gasteiger partial charge in [0.15, 0.2) is 5.96 Å². The third kappa shape index (κ3) is 7.11. The van der Waals surface area contributed by atoms with Crippen LogP contribution in [0.25, 0.3) is 0 Å². The highest BCUT2D eigenvalue weighted by atomic mass is 16.5. The van der Waals surface area contributed by atoms with E-state index >= 15 is 0 Å². The van der Waals surface area contributed by atoms with Crippen LogP contribution in [0.4, 0.5) is 0 Å². The second-order valence-electron chi connectivity index (χ2n) is 7.56. The summed E-state index contributed by atoms with van der Waals surface area (Å²) in [6.45, 7) is 9.70. The van der Waals surface area contributed by atoms with Gasteiger partial charge < -0.3 is 25.0 Å². The van der Waals surface area contributed by atoms with Gasteiger partial charge in [-0.05, 0) is 25.7 Å². The van der Waals surface area contributed by atoms with Crippen molar-refractivity contribution in [1.29, 1.82) is 0 Å². The molecule has 1 unspecified atom stereocenters. The summed E-state index contributed by atoms with van der Waals surface area (Å²) < 4.78 is 11.1. The van der Waals surface area contributed by atoms with Crippen molar-refractivity contribution >= 4 is 11.9 Å². The molecular weight excluding hydrogens is 332 g/mol. The van der Waals surface area contributed by atoms with E-state index in [9.17, 15) is 4.79 Å². The molecule has 1 amide bonds. The van der Waals surface area contributed by atoms with Gasteiger partial charge in [0.1, 0.15) is 0 Å². The lowest BCUT2D eigenvalue weighted by atomic mass is 10.0. The summed E-state index contributed by atoms with van der Waals surface area (Å²) in [6, 6.07) is 0.371. The van der Waals surface area contributed by atoms with Gasteiger partial charge in [-0.25, -0.2) is 0 Å². The van der Waals surface area contributed by atoms with Crippen LogP contribution in [0.15, 0.2) is 4.99 Å². The molecule has 0 aromatic heterocycles. The van der Waals surface area contributed by atoms with Crippen LogP contribution >= 0.6 is 0 Å².